The summed E-state index contributed by atoms with van der Waals surface area (Å²) in [6, 6.07) is 6.10. The van der Waals surface area contributed by atoms with Crippen LogP contribution in [-0.2, 0) is 13.1 Å². The number of aromatic amines is 1. The van der Waals surface area contributed by atoms with Gasteiger partial charge in [0.1, 0.15) is 5.75 Å². The lowest BCUT2D eigenvalue weighted by molar-refractivity contribution is 0.313. The van der Waals surface area contributed by atoms with E-state index in [2.05, 4.69) is 44.4 Å². The third-order valence-electron chi connectivity index (χ3n) is 2.68. The summed E-state index contributed by atoms with van der Waals surface area (Å²) in [7, 11) is 0. The molecular weight excluding hydrogens is 306 g/mol. The number of H-pyrrole nitrogens is 1. The molecule has 0 aliphatic carbocycles. The van der Waals surface area contributed by atoms with Gasteiger partial charge in [-0.25, -0.2) is 0 Å². The van der Waals surface area contributed by atoms with Crippen LogP contribution in [0.5, 0.6) is 5.75 Å². The second-order valence-corrected chi connectivity index (χ2v) is 5.23. The van der Waals surface area contributed by atoms with Gasteiger partial charge in [0.15, 0.2) is 0 Å². The van der Waals surface area contributed by atoms with Crippen molar-refractivity contribution in [1.82, 2.24) is 15.5 Å². The molecule has 0 atom stereocenters. The van der Waals surface area contributed by atoms with Crippen molar-refractivity contribution in [2.24, 2.45) is 0 Å². The first kappa shape index (κ1) is 14.1. The zero-order valence-electron chi connectivity index (χ0n) is 10.9. The molecular formula is C14H18BrN3O. The molecule has 1 heterocycles. The Hall–Kier alpha value is -1.33. The number of nitrogens with zero attached hydrogens (tertiary/aromatic N) is 1. The summed E-state index contributed by atoms with van der Waals surface area (Å²) in [5.41, 5.74) is 2.30. The van der Waals surface area contributed by atoms with Crippen molar-refractivity contribution < 1.29 is 4.74 Å². The molecule has 0 saturated carbocycles. The van der Waals surface area contributed by atoms with E-state index < -0.39 is 0 Å². The predicted octanol–water partition coefficient (Wildman–Crippen LogP) is 3.25. The van der Waals surface area contributed by atoms with Crippen LogP contribution in [0.2, 0.25) is 0 Å². The number of aromatic nitrogens is 2. The van der Waals surface area contributed by atoms with Crippen molar-refractivity contribution >= 4 is 15.9 Å². The van der Waals surface area contributed by atoms with Crippen LogP contribution in [0, 0.1) is 0 Å². The fourth-order valence-corrected chi connectivity index (χ4v) is 2.16. The molecule has 0 radical (unpaired) electrons. The van der Waals surface area contributed by atoms with E-state index in [9.17, 15) is 0 Å². The molecule has 0 bridgehead atoms. The van der Waals surface area contributed by atoms with Gasteiger partial charge in [-0.3, -0.25) is 5.10 Å². The third kappa shape index (κ3) is 4.36. The highest BCUT2D eigenvalue weighted by atomic mass is 79.9. The minimum atomic E-state index is 0.746. The van der Waals surface area contributed by atoms with E-state index in [4.69, 9.17) is 4.74 Å². The van der Waals surface area contributed by atoms with Crippen LogP contribution in [0.3, 0.4) is 0 Å². The Morgan fingerprint density at radius 3 is 3.00 bits per heavy atom. The van der Waals surface area contributed by atoms with E-state index in [-0.39, 0.29) is 0 Å². The maximum Gasteiger partial charge on any atom is 0.123 e. The quantitative estimate of drug-likeness (QED) is 0.822. The van der Waals surface area contributed by atoms with Crippen LogP contribution in [0.15, 0.2) is 35.1 Å². The van der Waals surface area contributed by atoms with Crippen LogP contribution in [0.25, 0.3) is 0 Å². The highest BCUT2D eigenvalue weighted by Gasteiger charge is 2.04. The zero-order valence-corrected chi connectivity index (χ0v) is 12.5. The number of nitrogens with one attached hydrogen (secondary N) is 2. The Kier molecular flexibility index (Phi) is 5.42. The lowest BCUT2D eigenvalue weighted by Gasteiger charge is -2.12. The van der Waals surface area contributed by atoms with Gasteiger partial charge >= 0.3 is 0 Å². The average Bonchev–Trinajstić information content (AvgIpc) is 2.91. The van der Waals surface area contributed by atoms with Gasteiger partial charge in [-0.15, -0.1) is 0 Å². The second-order valence-electron chi connectivity index (χ2n) is 4.31. The fraction of sp³-hybridized carbons (Fsp3) is 0.357. The van der Waals surface area contributed by atoms with Crippen LogP contribution >= 0.6 is 15.9 Å². The molecule has 1 aromatic carbocycles. The Bertz CT molecular complexity index is 499. The van der Waals surface area contributed by atoms with Gasteiger partial charge in [0, 0.05) is 34.9 Å². The minimum absolute atomic E-state index is 0.746. The smallest absolute Gasteiger partial charge is 0.123 e. The van der Waals surface area contributed by atoms with Gasteiger partial charge in [-0.2, -0.15) is 5.10 Å². The molecule has 0 spiro atoms. The van der Waals surface area contributed by atoms with Crippen molar-refractivity contribution in [1.29, 1.82) is 0 Å². The maximum atomic E-state index is 5.75. The summed E-state index contributed by atoms with van der Waals surface area (Å²) in [5, 5.41) is 10.1. The number of benzene rings is 1. The molecule has 0 aliphatic rings. The minimum Gasteiger partial charge on any atom is -0.493 e. The third-order valence-corrected chi connectivity index (χ3v) is 3.18. The van der Waals surface area contributed by atoms with Crippen molar-refractivity contribution in [2.75, 3.05) is 6.61 Å². The van der Waals surface area contributed by atoms with Crippen molar-refractivity contribution in [3.05, 3.63) is 46.2 Å². The molecule has 4 nitrogen and oxygen atoms in total. The Labute approximate surface area is 121 Å². The highest BCUT2D eigenvalue weighted by Crippen LogP contribution is 2.23. The summed E-state index contributed by atoms with van der Waals surface area (Å²) in [5.74, 6) is 0.949. The van der Waals surface area contributed by atoms with Gasteiger partial charge in [0.05, 0.1) is 12.8 Å². The molecule has 2 aromatic rings. The van der Waals surface area contributed by atoms with Crippen LogP contribution < -0.4 is 10.1 Å². The average molecular weight is 324 g/mol. The van der Waals surface area contributed by atoms with Crippen molar-refractivity contribution in [2.45, 2.75) is 26.4 Å². The number of hydrogen-bond donors (Lipinski definition) is 2. The number of rotatable bonds is 7. The van der Waals surface area contributed by atoms with E-state index in [1.165, 1.54) is 0 Å². The van der Waals surface area contributed by atoms with Crippen molar-refractivity contribution in [3.8, 4) is 5.75 Å². The molecule has 0 fully saturated rings. The SMILES string of the molecule is CCCOc1ccc(Br)cc1CNCc1cn[nH]c1. The molecule has 102 valence electrons. The van der Waals surface area contributed by atoms with Crippen LogP contribution in [0.4, 0.5) is 0 Å². The molecule has 2 rings (SSSR count). The topological polar surface area (TPSA) is 49.9 Å². The van der Waals surface area contributed by atoms with E-state index in [0.717, 1.165) is 47.5 Å². The van der Waals surface area contributed by atoms with E-state index in [1.807, 2.05) is 24.5 Å². The van der Waals surface area contributed by atoms with E-state index >= 15 is 0 Å². The second kappa shape index (κ2) is 7.31. The standard InChI is InChI=1S/C14H18BrN3O/c1-2-5-19-14-4-3-13(15)6-12(14)10-16-7-11-8-17-18-9-11/h3-4,6,8-9,16H,2,5,7,10H2,1H3,(H,17,18). The largest absolute Gasteiger partial charge is 0.493 e. The van der Waals surface area contributed by atoms with Gasteiger partial charge in [-0.1, -0.05) is 22.9 Å². The molecule has 0 amide bonds. The van der Waals surface area contributed by atoms with Crippen LogP contribution in [-0.4, -0.2) is 16.8 Å². The summed E-state index contributed by atoms with van der Waals surface area (Å²) in [6.45, 7) is 4.41. The Balaban J connectivity index is 1.95. The fourth-order valence-electron chi connectivity index (χ4n) is 1.75. The summed E-state index contributed by atoms with van der Waals surface area (Å²) < 4.78 is 6.82. The van der Waals surface area contributed by atoms with Gasteiger partial charge in [0.25, 0.3) is 0 Å². The number of halogens is 1. The monoisotopic (exact) mass is 323 g/mol. The predicted molar refractivity (Wildman–Crippen MR) is 79.1 cm³/mol. The molecule has 0 saturated heterocycles. The molecule has 0 unspecified atom stereocenters. The highest BCUT2D eigenvalue weighted by molar-refractivity contribution is 9.10. The molecule has 19 heavy (non-hydrogen) atoms. The van der Waals surface area contributed by atoms with Crippen molar-refractivity contribution in [3.63, 3.8) is 0 Å². The van der Waals surface area contributed by atoms with E-state index in [1.54, 1.807) is 0 Å². The normalized spacial score (nSPS) is 10.6. The maximum absolute atomic E-state index is 5.75. The Morgan fingerprint density at radius 1 is 1.37 bits per heavy atom. The lowest BCUT2D eigenvalue weighted by Crippen LogP contribution is -2.13. The van der Waals surface area contributed by atoms with Gasteiger partial charge in [-0.05, 0) is 24.6 Å². The lowest BCUT2D eigenvalue weighted by atomic mass is 10.2. The summed E-state index contributed by atoms with van der Waals surface area (Å²) in [6.07, 6.45) is 4.72. The zero-order chi connectivity index (χ0) is 13.5. The van der Waals surface area contributed by atoms with E-state index in [0.29, 0.717) is 0 Å². The number of ether oxygens (including phenoxy) is 1. The molecule has 0 aliphatic heterocycles. The molecule has 2 N–H and O–H groups in total. The van der Waals surface area contributed by atoms with Gasteiger partial charge in [0.2, 0.25) is 0 Å². The molecule has 5 heteroatoms. The summed E-state index contributed by atoms with van der Waals surface area (Å²) in [4.78, 5) is 0. The first-order valence-corrected chi connectivity index (χ1v) is 7.18. The first-order chi connectivity index (χ1) is 9.29. The first-order valence-electron chi connectivity index (χ1n) is 6.39. The number of hydrogen-bond acceptors (Lipinski definition) is 3. The van der Waals surface area contributed by atoms with Crippen LogP contribution in [0.1, 0.15) is 24.5 Å². The summed E-state index contributed by atoms with van der Waals surface area (Å²) >= 11 is 3.50. The Morgan fingerprint density at radius 2 is 2.26 bits per heavy atom. The molecule has 1 aromatic heterocycles. The van der Waals surface area contributed by atoms with Gasteiger partial charge < -0.3 is 10.1 Å².